The van der Waals surface area contributed by atoms with Gasteiger partial charge in [0.05, 0.1) is 23.2 Å². The van der Waals surface area contributed by atoms with Crippen LogP contribution in [-0.2, 0) is 9.53 Å². The Morgan fingerprint density at radius 1 is 1.38 bits per heavy atom. The number of rotatable bonds is 4. The average molecular weight is 293 g/mol. The van der Waals surface area contributed by atoms with E-state index in [1.165, 1.54) is 6.20 Å². The maximum Gasteiger partial charge on any atom is 0.305 e. The van der Waals surface area contributed by atoms with Gasteiger partial charge in [-0.25, -0.2) is 9.97 Å². The predicted octanol–water partition coefficient (Wildman–Crippen LogP) is 0.847. The SMILES string of the molecule is Cc1ncc(C(=O)NC2(CC(=O)O)CCOCC2)c(C)n1. The largest absolute Gasteiger partial charge is 0.481 e. The van der Waals surface area contributed by atoms with Crippen LogP contribution in [0.5, 0.6) is 0 Å². The van der Waals surface area contributed by atoms with Gasteiger partial charge in [-0.3, -0.25) is 9.59 Å². The number of aromatic nitrogens is 2. The lowest BCUT2D eigenvalue weighted by molar-refractivity contribution is -0.139. The maximum absolute atomic E-state index is 12.4. The number of hydrogen-bond acceptors (Lipinski definition) is 5. The summed E-state index contributed by atoms with van der Waals surface area (Å²) in [5, 5.41) is 11.9. The van der Waals surface area contributed by atoms with Crippen molar-refractivity contribution in [2.45, 2.75) is 38.6 Å². The highest BCUT2D eigenvalue weighted by Crippen LogP contribution is 2.25. The summed E-state index contributed by atoms with van der Waals surface area (Å²) in [6.07, 6.45) is 2.32. The number of carbonyl (C=O) groups excluding carboxylic acids is 1. The molecule has 0 unspecified atom stereocenters. The molecule has 2 heterocycles. The Kier molecular flexibility index (Phi) is 4.52. The summed E-state index contributed by atoms with van der Waals surface area (Å²) in [5.41, 5.74) is 0.188. The Bertz CT molecular complexity index is 553. The van der Waals surface area contributed by atoms with Gasteiger partial charge in [-0.15, -0.1) is 0 Å². The Labute approximate surface area is 122 Å². The Balaban J connectivity index is 2.19. The van der Waals surface area contributed by atoms with E-state index in [2.05, 4.69) is 15.3 Å². The number of nitrogens with one attached hydrogen (secondary N) is 1. The first-order valence-electron chi connectivity index (χ1n) is 6.84. The summed E-state index contributed by atoms with van der Waals surface area (Å²) in [6, 6.07) is 0. The van der Waals surface area contributed by atoms with Gasteiger partial charge >= 0.3 is 5.97 Å². The van der Waals surface area contributed by atoms with Crippen LogP contribution in [0.3, 0.4) is 0 Å². The number of carboxylic acids is 1. The molecule has 1 fully saturated rings. The summed E-state index contributed by atoms with van der Waals surface area (Å²) in [6.45, 7) is 4.37. The van der Waals surface area contributed by atoms with Gasteiger partial charge in [0.15, 0.2) is 0 Å². The minimum atomic E-state index is -0.936. The van der Waals surface area contributed by atoms with Crippen molar-refractivity contribution in [3.8, 4) is 0 Å². The fourth-order valence-corrected chi connectivity index (χ4v) is 2.51. The van der Waals surface area contributed by atoms with Crippen molar-refractivity contribution in [1.82, 2.24) is 15.3 Å². The summed E-state index contributed by atoms with van der Waals surface area (Å²) in [5.74, 6) is -0.680. The molecule has 0 radical (unpaired) electrons. The van der Waals surface area contributed by atoms with E-state index in [1.54, 1.807) is 13.8 Å². The first-order chi connectivity index (χ1) is 9.92. The number of amides is 1. The van der Waals surface area contributed by atoms with E-state index in [1.807, 2.05) is 0 Å². The molecule has 0 atom stereocenters. The molecular weight excluding hydrogens is 274 g/mol. The summed E-state index contributed by atoms with van der Waals surface area (Å²) >= 11 is 0. The predicted molar refractivity (Wildman–Crippen MR) is 74.0 cm³/mol. The highest BCUT2D eigenvalue weighted by atomic mass is 16.5. The molecule has 2 N–H and O–H groups in total. The second-order valence-electron chi connectivity index (χ2n) is 5.33. The van der Waals surface area contributed by atoms with Crippen LogP contribution in [0.2, 0.25) is 0 Å². The molecule has 0 spiro atoms. The van der Waals surface area contributed by atoms with E-state index < -0.39 is 11.5 Å². The molecule has 0 bridgehead atoms. The zero-order valence-corrected chi connectivity index (χ0v) is 12.2. The van der Waals surface area contributed by atoms with Crippen molar-refractivity contribution < 1.29 is 19.4 Å². The summed E-state index contributed by atoms with van der Waals surface area (Å²) < 4.78 is 5.26. The lowest BCUT2D eigenvalue weighted by Crippen LogP contribution is -2.53. The Hall–Kier alpha value is -2.02. The number of ether oxygens (including phenoxy) is 1. The van der Waals surface area contributed by atoms with Crippen LogP contribution < -0.4 is 5.32 Å². The molecule has 114 valence electrons. The van der Waals surface area contributed by atoms with Crippen LogP contribution in [0.4, 0.5) is 0 Å². The van der Waals surface area contributed by atoms with Crippen LogP contribution in [-0.4, -0.2) is 45.7 Å². The van der Waals surface area contributed by atoms with Crippen LogP contribution in [0.15, 0.2) is 6.20 Å². The molecule has 0 aliphatic carbocycles. The topological polar surface area (TPSA) is 101 Å². The molecule has 0 saturated carbocycles. The highest BCUT2D eigenvalue weighted by molar-refractivity contribution is 5.95. The van der Waals surface area contributed by atoms with Crippen molar-refractivity contribution in [2.75, 3.05) is 13.2 Å². The highest BCUT2D eigenvalue weighted by Gasteiger charge is 2.37. The van der Waals surface area contributed by atoms with Crippen molar-refractivity contribution in [3.05, 3.63) is 23.3 Å². The number of aryl methyl sites for hydroxylation is 2. The van der Waals surface area contributed by atoms with E-state index >= 15 is 0 Å². The van der Waals surface area contributed by atoms with Gasteiger partial charge in [-0.05, 0) is 26.7 Å². The molecule has 7 heteroatoms. The van der Waals surface area contributed by atoms with Crippen LogP contribution in [0.25, 0.3) is 0 Å². The van der Waals surface area contributed by atoms with Crippen molar-refractivity contribution in [3.63, 3.8) is 0 Å². The molecule has 1 aliphatic heterocycles. The van der Waals surface area contributed by atoms with Gasteiger partial charge in [0.25, 0.3) is 5.91 Å². The number of carbonyl (C=O) groups is 2. The van der Waals surface area contributed by atoms with Crippen LogP contribution >= 0.6 is 0 Å². The zero-order valence-electron chi connectivity index (χ0n) is 12.2. The first-order valence-corrected chi connectivity index (χ1v) is 6.84. The molecule has 1 aliphatic rings. The van der Waals surface area contributed by atoms with E-state index in [4.69, 9.17) is 9.84 Å². The molecular formula is C14H19N3O4. The number of hydrogen-bond donors (Lipinski definition) is 2. The average Bonchev–Trinajstić information content (AvgIpc) is 2.38. The monoisotopic (exact) mass is 293 g/mol. The van der Waals surface area contributed by atoms with Gasteiger partial charge in [0.1, 0.15) is 5.82 Å². The normalized spacial score (nSPS) is 17.2. The van der Waals surface area contributed by atoms with Crippen molar-refractivity contribution >= 4 is 11.9 Å². The number of aliphatic carboxylic acids is 1. The van der Waals surface area contributed by atoms with Crippen molar-refractivity contribution in [2.24, 2.45) is 0 Å². The van der Waals surface area contributed by atoms with Crippen LogP contribution in [0, 0.1) is 13.8 Å². The maximum atomic E-state index is 12.4. The van der Waals surface area contributed by atoms with Gasteiger partial charge < -0.3 is 15.2 Å². The molecule has 2 rings (SSSR count). The lowest BCUT2D eigenvalue weighted by atomic mass is 9.86. The molecule has 1 saturated heterocycles. The van der Waals surface area contributed by atoms with Gasteiger partial charge in [0.2, 0.25) is 0 Å². The molecule has 21 heavy (non-hydrogen) atoms. The third-order valence-electron chi connectivity index (χ3n) is 3.66. The first kappa shape index (κ1) is 15.4. The summed E-state index contributed by atoms with van der Waals surface area (Å²) in [7, 11) is 0. The second-order valence-corrected chi connectivity index (χ2v) is 5.33. The molecule has 1 amide bonds. The van der Waals surface area contributed by atoms with E-state index in [0.29, 0.717) is 43.1 Å². The standard InChI is InChI=1S/C14H19N3O4/c1-9-11(8-15-10(2)16-9)13(20)17-14(7-12(18)19)3-5-21-6-4-14/h8H,3-7H2,1-2H3,(H,17,20)(H,18,19). The molecule has 7 nitrogen and oxygen atoms in total. The third-order valence-corrected chi connectivity index (χ3v) is 3.66. The third kappa shape index (κ3) is 3.75. The minimum absolute atomic E-state index is 0.117. The molecule has 0 aromatic carbocycles. The Morgan fingerprint density at radius 2 is 2.05 bits per heavy atom. The van der Waals surface area contributed by atoms with Crippen LogP contribution in [0.1, 0.15) is 41.1 Å². The van der Waals surface area contributed by atoms with Gasteiger partial charge in [0, 0.05) is 19.4 Å². The number of carboxylic acid groups (broad SMARTS) is 1. The van der Waals surface area contributed by atoms with Crippen molar-refractivity contribution in [1.29, 1.82) is 0 Å². The zero-order chi connectivity index (χ0) is 15.5. The van der Waals surface area contributed by atoms with E-state index in [9.17, 15) is 9.59 Å². The molecule has 1 aromatic heterocycles. The van der Waals surface area contributed by atoms with E-state index in [-0.39, 0.29) is 12.3 Å². The smallest absolute Gasteiger partial charge is 0.305 e. The fraction of sp³-hybridized carbons (Fsp3) is 0.571. The molecule has 1 aromatic rings. The second kappa shape index (κ2) is 6.17. The summed E-state index contributed by atoms with van der Waals surface area (Å²) in [4.78, 5) is 31.7. The quantitative estimate of drug-likeness (QED) is 0.853. The van der Waals surface area contributed by atoms with E-state index in [0.717, 1.165) is 0 Å². The fourth-order valence-electron chi connectivity index (χ4n) is 2.51. The Morgan fingerprint density at radius 3 is 2.62 bits per heavy atom. The van der Waals surface area contributed by atoms with Gasteiger partial charge in [-0.2, -0.15) is 0 Å². The van der Waals surface area contributed by atoms with Gasteiger partial charge in [-0.1, -0.05) is 0 Å². The lowest BCUT2D eigenvalue weighted by Gasteiger charge is -2.36. The number of nitrogens with zero attached hydrogens (tertiary/aromatic N) is 2. The minimum Gasteiger partial charge on any atom is -0.481 e.